The van der Waals surface area contributed by atoms with Crippen LogP contribution in [0.15, 0.2) is 42.5 Å². The van der Waals surface area contributed by atoms with Gasteiger partial charge in [-0.3, -0.25) is 9.59 Å². The van der Waals surface area contributed by atoms with Crippen LogP contribution < -0.4 is 14.8 Å². The van der Waals surface area contributed by atoms with Gasteiger partial charge >= 0.3 is 0 Å². The molecule has 1 fully saturated rings. The van der Waals surface area contributed by atoms with Crippen LogP contribution in [0.5, 0.6) is 11.5 Å². The van der Waals surface area contributed by atoms with E-state index in [1.165, 1.54) is 24.0 Å². The number of amides is 2. The second-order valence-electron chi connectivity index (χ2n) is 10.9. The molecule has 3 aliphatic rings. The highest BCUT2D eigenvalue weighted by Gasteiger charge is 2.37. The molecule has 0 unspecified atom stereocenters. The highest BCUT2D eigenvalue weighted by Crippen LogP contribution is 2.38. The first kappa shape index (κ1) is 26.5. The highest BCUT2D eigenvalue weighted by atomic mass is 16.5. The van der Waals surface area contributed by atoms with Gasteiger partial charge in [0.05, 0.1) is 18.8 Å². The molecule has 0 aromatic heterocycles. The molecule has 2 aromatic rings. The summed E-state index contributed by atoms with van der Waals surface area (Å²) in [6.07, 6.45) is 9.31. The SMILES string of the molecule is O=C1NCCOCCCCC2(CCN(C(=O)COc3cccc4c3CCCC4)CC2)COc2ccccc21. The quantitative estimate of drug-likeness (QED) is 0.642. The van der Waals surface area contributed by atoms with Gasteiger partial charge in [-0.1, -0.05) is 30.7 Å². The molecule has 0 saturated carbocycles. The molecule has 204 valence electrons. The Hall–Kier alpha value is -3.06. The van der Waals surface area contributed by atoms with Gasteiger partial charge in [0.2, 0.25) is 0 Å². The summed E-state index contributed by atoms with van der Waals surface area (Å²) in [6.45, 7) is 3.68. The molecular weight excluding hydrogens is 480 g/mol. The lowest BCUT2D eigenvalue weighted by molar-refractivity contribution is -0.136. The van der Waals surface area contributed by atoms with E-state index in [9.17, 15) is 9.59 Å². The van der Waals surface area contributed by atoms with Crippen molar-refractivity contribution in [1.82, 2.24) is 10.2 Å². The first-order valence-electron chi connectivity index (χ1n) is 14.2. The first-order valence-corrected chi connectivity index (χ1v) is 14.2. The van der Waals surface area contributed by atoms with E-state index >= 15 is 0 Å². The molecule has 2 amide bonds. The summed E-state index contributed by atoms with van der Waals surface area (Å²) in [7, 11) is 0. The predicted molar refractivity (Wildman–Crippen MR) is 146 cm³/mol. The largest absolute Gasteiger partial charge is 0.492 e. The van der Waals surface area contributed by atoms with E-state index in [0.29, 0.717) is 50.8 Å². The third-order valence-corrected chi connectivity index (χ3v) is 8.32. The number of ether oxygens (including phenoxy) is 3. The maximum atomic E-state index is 13.1. The zero-order valence-electron chi connectivity index (χ0n) is 22.3. The summed E-state index contributed by atoms with van der Waals surface area (Å²) in [4.78, 5) is 27.7. The minimum Gasteiger partial charge on any atom is -0.492 e. The smallest absolute Gasteiger partial charge is 0.260 e. The maximum Gasteiger partial charge on any atom is 0.260 e. The fourth-order valence-corrected chi connectivity index (χ4v) is 5.96. The summed E-state index contributed by atoms with van der Waals surface area (Å²) in [6, 6.07) is 13.6. The molecular formula is C31H40N2O5. The topological polar surface area (TPSA) is 77.1 Å². The molecule has 0 radical (unpaired) electrons. The van der Waals surface area contributed by atoms with Crippen molar-refractivity contribution >= 4 is 11.8 Å². The number of piperidine rings is 1. The molecule has 2 heterocycles. The Morgan fingerprint density at radius 1 is 0.947 bits per heavy atom. The second kappa shape index (κ2) is 12.7. The van der Waals surface area contributed by atoms with Crippen molar-refractivity contribution < 1.29 is 23.8 Å². The fourth-order valence-electron chi connectivity index (χ4n) is 5.96. The van der Waals surface area contributed by atoms with Crippen molar-refractivity contribution in [1.29, 1.82) is 0 Å². The van der Waals surface area contributed by atoms with E-state index in [2.05, 4.69) is 11.4 Å². The lowest BCUT2D eigenvalue weighted by Crippen LogP contribution is -2.47. The third kappa shape index (κ3) is 6.49. The van der Waals surface area contributed by atoms with Crippen LogP contribution >= 0.6 is 0 Å². The van der Waals surface area contributed by atoms with Crippen molar-refractivity contribution in [2.75, 3.05) is 46.1 Å². The number of carbonyl (C=O) groups excluding carboxylic acids is 2. The molecule has 1 N–H and O–H groups in total. The van der Waals surface area contributed by atoms with Crippen LogP contribution in [0, 0.1) is 5.41 Å². The Morgan fingerprint density at radius 2 is 1.79 bits per heavy atom. The Bertz CT molecular complexity index is 1110. The number of likely N-dealkylation sites (tertiary alicyclic amines) is 1. The average molecular weight is 521 g/mol. The van der Waals surface area contributed by atoms with Gasteiger partial charge in [0.1, 0.15) is 11.5 Å². The van der Waals surface area contributed by atoms with Gasteiger partial charge in [-0.2, -0.15) is 0 Å². The number of fused-ring (bicyclic) bond motifs is 2. The molecule has 5 rings (SSSR count). The number of benzene rings is 2. The van der Waals surface area contributed by atoms with Crippen LogP contribution in [0.2, 0.25) is 0 Å². The van der Waals surface area contributed by atoms with Crippen molar-refractivity contribution in [3.63, 3.8) is 0 Å². The summed E-state index contributed by atoms with van der Waals surface area (Å²) < 4.78 is 18.1. The second-order valence-corrected chi connectivity index (χ2v) is 10.9. The number of para-hydroxylation sites is 1. The highest BCUT2D eigenvalue weighted by molar-refractivity contribution is 5.96. The molecule has 2 aliphatic heterocycles. The van der Waals surface area contributed by atoms with Gasteiger partial charge < -0.3 is 24.4 Å². The Balaban J connectivity index is 1.21. The van der Waals surface area contributed by atoms with E-state index < -0.39 is 0 Å². The lowest BCUT2D eigenvalue weighted by atomic mass is 9.75. The van der Waals surface area contributed by atoms with Crippen LogP contribution in [0.25, 0.3) is 0 Å². The van der Waals surface area contributed by atoms with Crippen molar-refractivity contribution in [3.8, 4) is 11.5 Å². The molecule has 1 aliphatic carbocycles. The van der Waals surface area contributed by atoms with Crippen molar-refractivity contribution in [3.05, 3.63) is 59.2 Å². The number of carbonyl (C=O) groups is 2. The van der Waals surface area contributed by atoms with Gasteiger partial charge in [0, 0.05) is 31.7 Å². The normalized spacial score (nSPS) is 20.3. The fraction of sp³-hybridized carbons (Fsp3) is 0.548. The third-order valence-electron chi connectivity index (χ3n) is 8.32. The van der Waals surface area contributed by atoms with Gasteiger partial charge in [0.25, 0.3) is 11.8 Å². The zero-order chi connectivity index (χ0) is 26.2. The first-order chi connectivity index (χ1) is 18.6. The number of hydrogen-bond donors (Lipinski definition) is 1. The van der Waals surface area contributed by atoms with Crippen molar-refractivity contribution in [2.45, 2.75) is 57.8 Å². The van der Waals surface area contributed by atoms with Crippen LogP contribution in [0.3, 0.4) is 0 Å². The molecule has 7 nitrogen and oxygen atoms in total. The summed E-state index contributed by atoms with van der Waals surface area (Å²) in [5, 5.41) is 2.92. The Kier molecular flexibility index (Phi) is 8.84. The van der Waals surface area contributed by atoms with Crippen LogP contribution in [0.4, 0.5) is 0 Å². The molecule has 0 bridgehead atoms. The summed E-state index contributed by atoms with van der Waals surface area (Å²) in [5.41, 5.74) is 3.15. The van der Waals surface area contributed by atoms with Crippen LogP contribution in [0.1, 0.15) is 66.4 Å². The van der Waals surface area contributed by atoms with E-state index in [-0.39, 0.29) is 23.8 Å². The molecule has 1 spiro atoms. The van der Waals surface area contributed by atoms with Gasteiger partial charge in [-0.15, -0.1) is 0 Å². The standard InChI is InChI=1S/C31H40N2O5/c34-29(22-37-27-13-7-9-24-8-1-2-10-25(24)27)33-18-15-31(16-19-33)14-5-6-20-36-21-17-32-30(35)26-11-3-4-12-28(26)38-23-31/h3-4,7,9,11-13H,1-2,5-6,8,10,14-23H2,(H,32,35). The molecule has 1 saturated heterocycles. The Morgan fingerprint density at radius 3 is 2.68 bits per heavy atom. The minimum absolute atomic E-state index is 0.0379. The number of nitrogens with zero attached hydrogens (tertiary/aromatic N) is 1. The molecule has 2 aromatic carbocycles. The summed E-state index contributed by atoms with van der Waals surface area (Å²) >= 11 is 0. The van der Waals surface area contributed by atoms with E-state index in [1.807, 2.05) is 35.2 Å². The number of hydrogen-bond acceptors (Lipinski definition) is 5. The predicted octanol–water partition coefficient (Wildman–Crippen LogP) is 4.56. The maximum absolute atomic E-state index is 13.1. The summed E-state index contributed by atoms with van der Waals surface area (Å²) in [5.74, 6) is 1.38. The monoisotopic (exact) mass is 520 g/mol. The molecule has 38 heavy (non-hydrogen) atoms. The van der Waals surface area contributed by atoms with Gasteiger partial charge in [0.15, 0.2) is 6.61 Å². The van der Waals surface area contributed by atoms with E-state index in [1.54, 1.807) is 6.07 Å². The number of nitrogens with one attached hydrogen (secondary N) is 1. The van der Waals surface area contributed by atoms with Crippen LogP contribution in [-0.2, 0) is 22.4 Å². The number of aryl methyl sites for hydroxylation is 1. The van der Waals surface area contributed by atoms with E-state index in [4.69, 9.17) is 14.2 Å². The lowest BCUT2D eigenvalue weighted by Gasteiger charge is -2.42. The average Bonchev–Trinajstić information content (AvgIpc) is 2.96. The van der Waals surface area contributed by atoms with Crippen molar-refractivity contribution in [2.24, 2.45) is 5.41 Å². The molecule has 0 atom stereocenters. The number of rotatable bonds is 3. The minimum atomic E-state index is -0.143. The van der Waals surface area contributed by atoms with E-state index in [0.717, 1.165) is 50.7 Å². The van der Waals surface area contributed by atoms with Gasteiger partial charge in [-0.25, -0.2) is 0 Å². The van der Waals surface area contributed by atoms with Crippen LogP contribution in [-0.4, -0.2) is 62.8 Å². The molecule has 7 heteroatoms. The zero-order valence-corrected chi connectivity index (χ0v) is 22.3. The Labute approximate surface area is 225 Å². The van der Waals surface area contributed by atoms with Gasteiger partial charge in [-0.05, 0) is 80.7 Å².